The second-order valence-electron chi connectivity index (χ2n) is 7.23. The predicted octanol–water partition coefficient (Wildman–Crippen LogP) is 4.75. The number of hydrogen-bond acceptors (Lipinski definition) is 5. The molecule has 148 valence electrons. The Balaban J connectivity index is 1.99. The number of rotatable bonds is 8. The van der Waals surface area contributed by atoms with Crippen molar-refractivity contribution in [1.29, 1.82) is 0 Å². The molecule has 0 spiro atoms. The molecule has 1 unspecified atom stereocenters. The Hall–Kier alpha value is -1.50. The summed E-state index contributed by atoms with van der Waals surface area (Å²) in [5, 5.41) is 4.48. The second kappa shape index (κ2) is 9.62. The Morgan fingerprint density at radius 3 is 2.52 bits per heavy atom. The maximum atomic E-state index is 12.4. The Morgan fingerprint density at radius 2 is 1.93 bits per heavy atom. The molecule has 1 atom stereocenters. The summed E-state index contributed by atoms with van der Waals surface area (Å²) >= 11 is 7.76. The van der Waals surface area contributed by atoms with Crippen molar-refractivity contribution in [3.8, 4) is 5.75 Å². The summed E-state index contributed by atoms with van der Waals surface area (Å²) in [6.45, 7) is 11.0. The molecule has 0 saturated carbocycles. The highest BCUT2D eigenvalue weighted by molar-refractivity contribution is 7.98. The number of halogens is 1. The first kappa shape index (κ1) is 21.8. The van der Waals surface area contributed by atoms with Crippen LogP contribution in [-0.2, 0) is 16.0 Å². The number of aromatic nitrogens is 2. The van der Waals surface area contributed by atoms with E-state index in [1.807, 2.05) is 58.9 Å². The van der Waals surface area contributed by atoms with Gasteiger partial charge in [-0.3, -0.25) is 4.79 Å². The van der Waals surface area contributed by atoms with Gasteiger partial charge in [0.2, 0.25) is 0 Å². The normalized spacial score (nSPS) is 12.8. The summed E-state index contributed by atoms with van der Waals surface area (Å²) in [5.41, 5.74) is 0.445. The molecule has 0 aliphatic rings. The molecule has 0 aliphatic carbocycles. The zero-order valence-corrected chi connectivity index (χ0v) is 18.1. The maximum Gasteiger partial charge on any atom is 0.287 e. The van der Waals surface area contributed by atoms with Gasteiger partial charge >= 0.3 is 0 Å². The third-order valence-corrected chi connectivity index (χ3v) is 5.31. The van der Waals surface area contributed by atoms with Crippen molar-refractivity contribution in [2.45, 2.75) is 56.9 Å². The lowest BCUT2D eigenvalue weighted by Gasteiger charge is -2.21. The number of thioether (sulfide) groups is 1. The van der Waals surface area contributed by atoms with Crippen LogP contribution in [0.2, 0.25) is 5.02 Å². The molecule has 0 aliphatic heterocycles. The SMILES string of the molecule is CCOCC(C)Oc1ccc(CSc2cnn(C(C)(C)C)c(=O)c2Cl)cc1. The predicted molar refractivity (Wildman–Crippen MR) is 111 cm³/mol. The lowest BCUT2D eigenvalue weighted by atomic mass is 10.1. The maximum absolute atomic E-state index is 12.4. The van der Waals surface area contributed by atoms with Gasteiger partial charge in [-0.15, -0.1) is 11.8 Å². The quantitative estimate of drug-likeness (QED) is 0.588. The second-order valence-corrected chi connectivity index (χ2v) is 8.63. The molecule has 2 aromatic rings. The molecule has 0 amide bonds. The van der Waals surface area contributed by atoms with Gasteiger partial charge in [-0.1, -0.05) is 23.7 Å². The molecule has 2 rings (SSSR count). The van der Waals surface area contributed by atoms with Crippen LogP contribution in [0.4, 0.5) is 0 Å². The summed E-state index contributed by atoms with van der Waals surface area (Å²) < 4.78 is 12.6. The molecule has 7 heteroatoms. The molecule has 1 aromatic carbocycles. The van der Waals surface area contributed by atoms with Crippen LogP contribution in [0.5, 0.6) is 5.75 Å². The van der Waals surface area contributed by atoms with Crippen LogP contribution in [0, 0.1) is 0 Å². The zero-order valence-electron chi connectivity index (χ0n) is 16.5. The lowest BCUT2D eigenvalue weighted by Crippen LogP contribution is -2.36. The van der Waals surface area contributed by atoms with Crippen LogP contribution in [-0.4, -0.2) is 29.1 Å². The van der Waals surface area contributed by atoms with Gasteiger partial charge in [0.1, 0.15) is 16.9 Å². The summed E-state index contributed by atoms with van der Waals surface area (Å²) in [6.07, 6.45) is 1.66. The van der Waals surface area contributed by atoms with Gasteiger partial charge in [-0.05, 0) is 52.3 Å². The molecule has 0 N–H and O–H groups in total. The van der Waals surface area contributed by atoms with E-state index in [-0.39, 0.29) is 16.7 Å². The van der Waals surface area contributed by atoms with E-state index in [9.17, 15) is 4.79 Å². The smallest absolute Gasteiger partial charge is 0.287 e. The van der Waals surface area contributed by atoms with E-state index in [1.54, 1.807) is 6.20 Å². The summed E-state index contributed by atoms with van der Waals surface area (Å²) in [6, 6.07) is 7.90. The molecule has 0 saturated heterocycles. The monoisotopic (exact) mass is 410 g/mol. The molecule has 0 radical (unpaired) electrons. The largest absolute Gasteiger partial charge is 0.488 e. The molecule has 5 nitrogen and oxygen atoms in total. The van der Waals surface area contributed by atoms with Crippen molar-refractivity contribution in [2.75, 3.05) is 13.2 Å². The molecule has 1 aromatic heterocycles. The standard InChI is InChI=1S/C20H27ClN2O3S/c1-6-25-12-14(2)26-16-9-7-15(8-10-16)13-27-17-11-22-23(20(3,4)5)19(24)18(17)21/h7-11,14H,6,12-13H2,1-5H3. The molecular weight excluding hydrogens is 384 g/mol. The summed E-state index contributed by atoms with van der Waals surface area (Å²) in [4.78, 5) is 13.1. The van der Waals surface area contributed by atoms with Crippen molar-refractivity contribution in [1.82, 2.24) is 9.78 Å². The van der Waals surface area contributed by atoms with Crippen molar-refractivity contribution in [3.63, 3.8) is 0 Å². The van der Waals surface area contributed by atoms with Crippen LogP contribution in [0.1, 0.15) is 40.2 Å². The Kier molecular flexibility index (Phi) is 7.77. The molecule has 0 fully saturated rings. The van der Waals surface area contributed by atoms with Gasteiger partial charge in [0.15, 0.2) is 0 Å². The average molecular weight is 411 g/mol. The van der Waals surface area contributed by atoms with E-state index < -0.39 is 5.54 Å². The lowest BCUT2D eigenvalue weighted by molar-refractivity contribution is 0.0657. The Bertz CT molecular complexity index is 800. The average Bonchev–Trinajstić information content (AvgIpc) is 2.61. The minimum Gasteiger partial charge on any atom is -0.488 e. The Morgan fingerprint density at radius 1 is 1.26 bits per heavy atom. The van der Waals surface area contributed by atoms with Crippen molar-refractivity contribution >= 4 is 23.4 Å². The number of ether oxygens (including phenoxy) is 2. The van der Waals surface area contributed by atoms with Crippen LogP contribution in [0.25, 0.3) is 0 Å². The first-order valence-corrected chi connectivity index (χ1v) is 10.3. The fourth-order valence-electron chi connectivity index (χ4n) is 2.37. The summed E-state index contributed by atoms with van der Waals surface area (Å²) in [5.74, 6) is 1.50. The van der Waals surface area contributed by atoms with Crippen molar-refractivity contribution in [2.24, 2.45) is 0 Å². The highest BCUT2D eigenvalue weighted by Gasteiger charge is 2.19. The third kappa shape index (κ3) is 6.26. The Labute approximate surface area is 170 Å². The zero-order chi connectivity index (χ0) is 20.0. The van der Waals surface area contributed by atoms with Crippen molar-refractivity contribution < 1.29 is 9.47 Å². The third-order valence-electron chi connectivity index (χ3n) is 3.73. The van der Waals surface area contributed by atoms with Crippen LogP contribution >= 0.6 is 23.4 Å². The van der Waals surface area contributed by atoms with Crippen LogP contribution in [0.15, 0.2) is 40.2 Å². The number of benzene rings is 1. The molecule has 27 heavy (non-hydrogen) atoms. The minimum absolute atomic E-state index is 0.00404. The topological polar surface area (TPSA) is 53.4 Å². The summed E-state index contributed by atoms with van der Waals surface area (Å²) in [7, 11) is 0. The molecule has 1 heterocycles. The first-order valence-electron chi connectivity index (χ1n) is 8.96. The van der Waals surface area contributed by atoms with Gasteiger partial charge < -0.3 is 9.47 Å². The van der Waals surface area contributed by atoms with Gasteiger partial charge in [0.25, 0.3) is 5.56 Å². The number of hydrogen-bond donors (Lipinski definition) is 0. The highest BCUT2D eigenvalue weighted by Crippen LogP contribution is 2.28. The van der Waals surface area contributed by atoms with Crippen LogP contribution < -0.4 is 10.3 Å². The van der Waals surface area contributed by atoms with Gasteiger partial charge in [0, 0.05) is 12.4 Å². The van der Waals surface area contributed by atoms with Gasteiger partial charge in [-0.2, -0.15) is 5.10 Å². The minimum atomic E-state index is -0.404. The fraction of sp³-hybridized carbons (Fsp3) is 0.500. The van der Waals surface area contributed by atoms with E-state index in [0.29, 0.717) is 23.9 Å². The number of nitrogens with zero attached hydrogens (tertiary/aromatic N) is 2. The van der Waals surface area contributed by atoms with Crippen LogP contribution in [0.3, 0.4) is 0 Å². The van der Waals surface area contributed by atoms with Gasteiger partial charge in [-0.25, -0.2) is 4.68 Å². The first-order chi connectivity index (χ1) is 12.7. The molecular formula is C20H27ClN2O3S. The highest BCUT2D eigenvalue weighted by atomic mass is 35.5. The fourth-order valence-corrected chi connectivity index (χ4v) is 3.51. The van der Waals surface area contributed by atoms with E-state index in [0.717, 1.165) is 11.3 Å². The molecule has 0 bridgehead atoms. The van der Waals surface area contributed by atoms with E-state index in [4.69, 9.17) is 21.1 Å². The van der Waals surface area contributed by atoms with E-state index in [2.05, 4.69) is 5.10 Å². The van der Waals surface area contributed by atoms with E-state index >= 15 is 0 Å². The van der Waals surface area contributed by atoms with E-state index in [1.165, 1.54) is 16.4 Å². The van der Waals surface area contributed by atoms with Gasteiger partial charge in [0.05, 0.1) is 23.2 Å². The van der Waals surface area contributed by atoms with Crippen molar-refractivity contribution in [3.05, 3.63) is 51.4 Å².